The van der Waals surface area contributed by atoms with Crippen molar-refractivity contribution in [3.63, 3.8) is 0 Å². The van der Waals surface area contributed by atoms with E-state index in [2.05, 4.69) is 21.2 Å². The Labute approximate surface area is 149 Å². The highest BCUT2D eigenvalue weighted by Gasteiger charge is 2.27. The minimum atomic E-state index is -3.45. The van der Waals surface area contributed by atoms with Gasteiger partial charge in [-0.1, -0.05) is 12.1 Å². The molecule has 2 aromatic carbocycles. The SMILES string of the molecule is O=C(Nc1ccccc1Br)c1ccc(S(=O)(=O)N2CCCC2)cc1. The number of nitrogens with one attached hydrogen (secondary N) is 1. The van der Waals surface area contributed by atoms with E-state index < -0.39 is 10.0 Å². The topological polar surface area (TPSA) is 66.5 Å². The van der Waals surface area contributed by atoms with Crippen molar-refractivity contribution >= 4 is 37.5 Å². The summed E-state index contributed by atoms with van der Waals surface area (Å²) in [6.45, 7) is 1.12. The average molecular weight is 409 g/mol. The summed E-state index contributed by atoms with van der Waals surface area (Å²) >= 11 is 3.37. The monoisotopic (exact) mass is 408 g/mol. The highest BCUT2D eigenvalue weighted by atomic mass is 79.9. The fourth-order valence-corrected chi connectivity index (χ4v) is 4.51. The van der Waals surface area contributed by atoms with Gasteiger partial charge in [0.15, 0.2) is 0 Å². The molecule has 0 aromatic heterocycles. The molecule has 0 atom stereocenters. The van der Waals surface area contributed by atoms with Gasteiger partial charge in [0.25, 0.3) is 5.91 Å². The van der Waals surface area contributed by atoms with E-state index in [1.54, 1.807) is 6.07 Å². The summed E-state index contributed by atoms with van der Waals surface area (Å²) in [6.07, 6.45) is 1.79. The molecule has 3 rings (SSSR count). The van der Waals surface area contributed by atoms with Crippen molar-refractivity contribution in [2.75, 3.05) is 18.4 Å². The molecule has 1 heterocycles. The van der Waals surface area contributed by atoms with Crippen LogP contribution in [-0.2, 0) is 10.0 Å². The van der Waals surface area contributed by atoms with E-state index >= 15 is 0 Å². The van der Waals surface area contributed by atoms with Gasteiger partial charge in [-0.2, -0.15) is 4.31 Å². The Kier molecular flexibility index (Phi) is 5.03. The lowest BCUT2D eigenvalue weighted by atomic mass is 10.2. The summed E-state index contributed by atoms with van der Waals surface area (Å²) in [4.78, 5) is 12.5. The molecule has 5 nitrogen and oxygen atoms in total. The van der Waals surface area contributed by atoms with Crippen molar-refractivity contribution in [3.05, 3.63) is 58.6 Å². The Balaban J connectivity index is 1.77. The molecule has 2 aromatic rings. The van der Waals surface area contributed by atoms with Gasteiger partial charge >= 0.3 is 0 Å². The van der Waals surface area contributed by atoms with Gasteiger partial charge in [-0.3, -0.25) is 4.79 Å². The summed E-state index contributed by atoms with van der Waals surface area (Å²) in [5, 5.41) is 2.79. The number of carbonyl (C=O) groups is 1. The highest BCUT2D eigenvalue weighted by Crippen LogP contribution is 2.23. The Hall–Kier alpha value is -1.70. The molecule has 0 bridgehead atoms. The van der Waals surface area contributed by atoms with Crippen molar-refractivity contribution in [2.45, 2.75) is 17.7 Å². The molecule has 1 amide bonds. The van der Waals surface area contributed by atoms with Crippen molar-refractivity contribution in [2.24, 2.45) is 0 Å². The molecule has 1 aliphatic rings. The van der Waals surface area contributed by atoms with Gasteiger partial charge in [-0.25, -0.2) is 8.42 Å². The third-order valence-electron chi connectivity index (χ3n) is 3.94. The van der Waals surface area contributed by atoms with Crippen LogP contribution in [0.5, 0.6) is 0 Å². The fourth-order valence-electron chi connectivity index (χ4n) is 2.61. The first-order valence-electron chi connectivity index (χ1n) is 7.64. The van der Waals surface area contributed by atoms with Crippen LogP contribution >= 0.6 is 15.9 Å². The second-order valence-electron chi connectivity index (χ2n) is 5.57. The lowest BCUT2D eigenvalue weighted by Gasteiger charge is -2.15. The van der Waals surface area contributed by atoms with Crippen molar-refractivity contribution < 1.29 is 13.2 Å². The van der Waals surface area contributed by atoms with E-state index in [4.69, 9.17) is 0 Å². The minimum Gasteiger partial charge on any atom is -0.321 e. The molecule has 0 radical (unpaired) electrons. The Morgan fingerprint density at radius 1 is 1.00 bits per heavy atom. The van der Waals surface area contributed by atoms with E-state index in [0.717, 1.165) is 17.3 Å². The smallest absolute Gasteiger partial charge is 0.255 e. The predicted octanol–water partition coefficient (Wildman–Crippen LogP) is 3.49. The number of carbonyl (C=O) groups excluding carboxylic acids is 1. The lowest BCUT2D eigenvalue weighted by Crippen LogP contribution is -2.27. The number of halogens is 1. The molecule has 126 valence electrons. The molecule has 24 heavy (non-hydrogen) atoms. The van der Waals surface area contributed by atoms with Crippen molar-refractivity contribution in [1.29, 1.82) is 0 Å². The van der Waals surface area contributed by atoms with Gasteiger partial charge in [0.2, 0.25) is 10.0 Å². The fraction of sp³-hybridized carbons (Fsp3) is 0.235. The second-order valence-corrected chi connectivity index (χ2v) is 8.36. The maximum Gasteiger partial charge on any atom is 0.255 e. The number of rotatable bonds is 4. The van der Waals surface area contributed by atoms with Crippen LogP contribution in [0.3, 0.4) is 0 Å². The number of anilines is 1. The van der Waals surface area contributed by atoms with E-state index in [1.165, 1.54) is 28.6 Å². The molecular formula is C17H17BrN2O3S. The first-order valence-corrected chi connectivity index (χ1v) is 9.88. The molecule has 0 spiro atoms. The molecule has 1 N–H and O–H groups in total. The summed E-state index contributed by atoms with van der Waals surface area (Å²) in [7, 11) is -3.45. The van der Waals surface area contributed by atoms with Crippen LogP contribution in [0.15, 0.2) is 57.9 Å². The van der Waals surface area contributed by atoms with E-state index in [-0.39, 0.29) is 10.8 Å². The molecule has 0 saturated carbocycles. The van der Waals surface area contributed by atoms with E-state index in [9.17, 15) is 13.2 Å². The number of hydrogen-bond acceptors (Lipinski definition) is 3. The third kappa shape index (κ3) is 3.53. The lowest BCUT2D eigenvalue weighted by molar-refractivity contribution is 0.102. The quantitative estimate of drug-likeness (QED) is 0.841. The molecule has 1 aliphatic heterocycles. The van der Waals surface area contributed by atoms with Crippen molar-refractivity contribution in [1.82, 2.24) is 4.31 Å². The number of amides is 1. The maximum atomic E-state index is 12.5. The zero-order valence-corrected chi connectivity index (χ0v) is 15.3. The molecule has 1 saturated heterocycles. The third-order valence-corrected chi connectivity index (χ3v) is 6.55. The van der Waals surface area contributed by atoms with Gasteiger partial charge in [-0.05, 0) is 65.2 Å². The summed E-state index contributed by atoms with van der Waals surface area (Å²) < 4.78 is 27.2. The van der Waals surface area contributed by atoms with E-state index in [0.29, 0.717) is 24.3 Å². The van der Waals surface area contributed by atoms with E-state index in [1.807, 2.05) is 18.2 Å². The second kappa shape index (κ2) is 7.04. The van der Waals surface area contributed by atoms with Crippen LogP contribution in [0.2, 0.25) is 0 Å². The number of sulfonamides is 1. The molecular weight excluding hydrogens is 392 g/mol. The highest BCUT2D eigenvalue weighted by molar-refractivity contribution is 9.10. The first-order chi connectivity index (χ1) is 11.5. The molecule has 7 heteroatoms. The summed E-state index contributed by atoms with van der Waals surface area (Å²) in [5.74, 6) is -0.285. The van der Waals surface area contributed by atoms with Gasteiger partial charge in [0.05, 0.1) is 10.6 Å². The normalized spacial score (nSPS) is 15.4. The van der Waals surface area contributed by atoms with Gasteiger partial charge in [0.1, 0.15) is 0 Å². The van der Waals surface area contributed by atoms with Crippen LogP contribution in [0.25, 0.3) is 0 Å². The zero-order valence-electron chi connectivity index (χ0n) is 12.9. The largest absolute Gasteiger partial charge is 0.321 e. The average Bonchev–Trinajstić information content (AvgIpc) is 3.12. The predicted molar refractivity (Wildman–Crippen MR) is 96.5 cm³/mol. The van der Waals surface area contributed by atoms with Gasteiger partial charge in [0, 0.05) is 23.1 Å². The number of para-hydroxylation sites is 1. The minimum absolute atomic E-state index is 0.224. The maximum absolute atomic E-state index is 12.5. The molecule has 0 unspecified atom stereocenters. The van der Waals surface area contributed by atoms with Crippen molar-refractivity contribution in [3.8, 4) is 0 Å². The zero-order chi connectivity index (χ0) is 17.2. The Bertz CT molecular complexity index is 844. The van der Waals surface area contributed by atoms with Crippen LogP contribution in [0.4, 0.5) is 5.69 Å². The van der Waals surface area contributed by atoms with Crippen LogP contribution in [-0.4, -0.2) is 31.7 Å². The standard InChI is InChI=1S/C17H17BrN2O3S/c18-15-5-1-2-6-16(15)19-17(21)13-7-9-14(10-8-13)24(22,23)20-11-3-4-12-20/h1-2,5-10H,3-4,11-12H2,(H,19,21). The summed E-state index contributed by atoms with van der Waals surface area (Å²) in [5.41, 5.74) is 1.07. The number of hydrogen-bond donors (Lipinski definition) is 1. The van der Waals surface area contributed by atoms with Crippen LogP contribution < -0.4 is 5.32 Å². The Morgan fingerprint density at radius 2 is 1.62 bits per heavy atom. The number of benzene rings is 2. The molecule has 0 aliphatic carbocycles. The number of nitrogens with zero attached hydrogens (tertiary/aromatic N) is 1. The first kappa shape index (κ1) is 17.1. The Morgan fingerprint density at radius 3 is 2.25 bits per heavy atom. The van der Waals surface area contributed by atoms with Crippen LogP contribution in [0.1, 0.15) is 23.2 Å². The molecule has 1 fully saturated rings. The van der Waals surface area contributed by atoms with Gasteiger partial charge < -0.3 is 5.32 Å². The van der Waals surface area contributed by atoms with Gasteiger partial charge in [-0.15, -0.1) is 0 Å². The summed E-state index contributed by atoms with van der Waals surface area (Å²) in [6, 6.07) is 13.4. The van der Waals surface area contributed by atoms with Crippen LogP contribution in [0, 0.1) is 0 Å².